The summed E-state index contributed by atoms with van der Waals surface area (Å²) in [7, 11) is 0. The Labute approximate surface area is 236 Å². The lowest BCUT2D eigenvalue weighted by atomic mass is 9.77. The summed E-state index contributed by atoms with van der Waals surface area (Å²) < 4.78 is 0. The number of unbranched alkanes of at least 4 members (excludes halogenated alkanes) is 1. The number of nitrogens with one attached hydrogen (secondary N) is 2. The molecule has 0 saturated carbocycles. The monoisotopic (exact) mass is 576 g/mol. The van der Waals surface area contributed by atoms with Gasteiger partial charge in [0.25, 0.3) is 0 Å². The smallest absolute Gasteiger partial charge is 0.335 e. The molecule has 0 spiro atoms. The van der Waals surface area contributed by atoms with E-state index in [2.05, 4.69) is 10.6 Å². The van der Waals surface area contributed by atoms with Crippen molar-refractivity contribution >= 4 is 41.8 Å². The number of aliphatic carboxylic acids is 3. The van der Waals surface area contributed by atoms with E-state index >= 15 is 0 Å². The summed E-state index contributed by atoms with van der Waals surface area (Å²) in [6, 6.07) is 3.74. The maximum atomic E-state index is 13.5. The summed E-state index contributed by atoms with van der Waals surface area (Å²) in [6.07, 6.45) is -1.34. The molecule has 1 fully saturated rings. The Balaban J connectivity index is 2.16. The van der Waals surface area contributed by atoms with Crippen molar-refractivity contribution in [2.75, 3.05) is 6.54 Å². The number of barbiturate groups is 1. The number of amides is 6. The third-order valence-electron chi connectivity index (χ3n) is 7.19. The number of benzene rings is 1. The Morgan fingerprint density at radius 3 is 1.83 bits per heavy atom. The zero-order valence-corrected chi connectivity index (χ0v) is 23.0. The number of nitrogens with zero attached hydrogens (tertiary/aromatic N) is 2. The van der Waals surface area contributed by atoms with Crippen LogP contribution in [-0.4, -0.2) is 85.5 Å². The molecule has 1 aromatic rings. The fourth-order valence-corrected chi connectivity index (χ4v) is 4.74. The van der Waals surface area contributed by atoms with E-state index in [1.165, 1.54) is 13.8 Å². The fourth-order valence-electron chi connectivity index (χ4n) is 4.74. The zero-order chi connectivity index (χ0) is 30.7. The van der Waals surface area contributed by atoms with E-state index < -0.39 is 72.1 Å². The van der Waals surface area contributed by atoms with Crippen LogP contribution in [0, 0.1) is 5.41 Å². The molecule has 41 heavy (non-hydrogen) atoms. The van der Waals surface area contributed by atoms with Crippen LogP contribution in [0.5, 0.6) is 0 Å². The van der Waals surface area contributed by atoms with Gasteiger partial charge in [-0.15, -0.1) is 0 Å². The number of hydrogen-bond acceptors (Lipinski definition) is 7. The molecule has 2 atom stereocenters. The molecule has 0 aliphatic carbocycles. The third-order valence-corrected chi connectivity index (χ3v) is 7.19. The average molecular weight is 577 g/mol. The normalized spacial score (nSPS) is 16.2. The van der Waals surface area contributed by atoms with E-state index in [1.54, 1.807) is 0 Å². The van der Waals surface area contributed by atoms with Gasteiger partial charge in [-0.3, -0.25) is 14.4 Å². The van der Waals surface area contributed by atoms with E-state index in [0.29, 0.717) is 22.8 Å². The molecule has 1 aromatic carbocycles. The highest BCUT2D eigenvalue weighted by molar-refractivity contribution is 6.21. The summed E-state index contributed by atoms with van der Waals surface area (Å²) in [5.41, 5.74) is -0.990. The first-order chi connectivity index (χ1) is 19.4. The van der Waals surface area contributed by atoms with Crippen molar-refractivity contribution in [3.8, 4) is 0 Å². The molecule has 1 aliphatic rings. The molecule has 6 amide bonds. The van der Waals surface area contributed by atoms with Crippen molar-refractivity contribution in [2.24, 2.45) is 5.41 Å². The minimum atomic E-state index is -1.91. The van der Waals surface area contributed by atoms with E-state index in [1.807, 2.05) is 30.3 Å². The first-order valence-corrected chi connectivity index (χ1v) is 13.4. The van der Waals surface area contributed by atoms with E-state index in [4.69, 9.17) is 5.11 Å². The van der Waals surface area contributed by atoms with Crippen molar-refractivity contribution < 1.29 is 48.9 Å². The molecular formula is C27H36N4O10. The lowest BCUT2D eigenvalue weighted by Gasteiger charge is -2.46. The Morgan fingerprint density at radius 2 is 1.34 bits per heavy atom. The Morgan fingerprint density at radius 1 is 0.805 bits per heavy atom. The van der Waals surface area contributed by atoms with Crippen molar-refractivity contribution in [1.82, 2.24) is 20.4 Å². The minimum absolute atomic E-state index is 0.138. The molecule has 1 saturated heterocycles. The predicted molar refractivity (Wildman–Crippen MR) is 142 cm³/mol. The van der Waals surface area contributed by atoms with Gasteiger partial charge in [0.05, 0.1) is 0 Å². The molecule has 2 rings (SSSR count). The van der Waals surface area contributed by atoms with Gasteiger partial charge < -0.3 is 26.0 Å². The van der Waals surface area contributed by atoms with E-state index in [9.17, 15) is 43.8 Å². The van der Waals surface area contributed by atoms with Crippen molar-refractivity contribution in [2.45, 2.75) is 77.4 Å². The molecule has 0 aromatic heterocycles. The van der Waals surface area contributed by atoms with Crippen molar-refractivity contribution in [3.05, 3.63) is 35.9 Å². The highest BCUT2D eigenvalue weighted by atomic mass is 16.4. The third kappa shape index (κ3) is 7.80. The van der Waals surface area contributed by atoms with Crippen LogP contribution in [0.25, 0.3) is 0 Å². The fraction of sp³-hybridized carbons (Fsp3) is 0.519. The van der Waals surface area contributed by atoms with E-state index in [0.717, 1.165) is 5.56 Å². The van der Waals surface area contributed by atoms with Crippen molar-refractivity contribution in [1.29, 1.82) is 0 Å². The average Bonchev–Trinajstić information content (AvgIpc) is 2.93. The van der Waals surface area contributed by atoms with Gasteiger partial charge in [0.2, 0.25) is 11.8 Å². The van der Waals surface area contributed by atoms with Gasteiger partial charge in [-0.05, 0) is 44.1 Å². The SMILES string of the molecule is CCC1(CC)C(=O)N(C(CCCCNC(=O)NCc2ccccc2)C(=O)O)C(=O)N(C(CCC(=O)O)C(=O)O)C1=O. The second kappa shape index (κ2) is 14.8. The van der Waals surface area contributed by atoms with Gasteiger partial charge in [-0.1, -0.05) is 44.2 Å². The van der Waals surface area contributed by atoms with Crippen LogP contribution in [0.3, 0.4) is 0 Å². The second-order valence-corrected chi connectivity index (χ2v) is 9.65. The van der Waals surface area contributed by atoms with Crippen LogP contribution in [0.2, 0.25) is 0 Å². The predicted octanol–water partition coefficient (Wildman–Crippen LogP) is 2.02. The maximum absolute atomic E-state index is 13.5. The minimum Gasteiger partial charge on any atom is -0.481 e. The van der Waals surface area contributed by atoms with Gasteiger partial charge in [0, 0.05) is 19.5 Å². The first-order valence-electron chi connectivity index (χ1n) is 13.4. The summed E-state index contributed by atoms with van der Waals surface area (Å²) in [4.78, 5) is 88.5. The highest BCUT2D eigenvalue weighted by Crippen LogP contribution is 2.39. The molecule has 14 nitrogen and oxygen atoms in total. The number of carboxylic acids is 3. The first kappa shape index (κ1) is 32.7. The number of carbonyl (C=O) groups is 7. The van der Waals surface area contributed by atoms with Crippen LogP contribution >= 0.6 is 0 Å². The van der Waals surface area contributed by atoms with Crippen LogP contribution in [0.4, 0.5) is 9.59 Å². The van der Waals surface area contributed by atoms with Crippen LogP contribution < -0.4 is 10.6 Å². The molecule has 224 valence electrons. The molecule has 5 N–H and O–H groups in total. The van der Waals surface area contributed by atoms with E-state index in [-0.39, 0.29) is 32.2 Å². The Bertz CT molecular complexity index is 1150. The van der Waals surface area contributed by atoms with Gasteiger partial charge >= 0.3 is 30.0 Å². The molecule has 0 radical (unpaired) electrons. The number of urea groups is 2. The lowest BCUT2D eigenvalue weighted by Crippen LogP contribution is -2.70. The topological polar surface area (TPSA) is 211 Å². The molecule has 1 heterocycles. The summed E-state index contributed by atoms with van der Waals surface area (Å²) in [5.74, 6) is -6.69. The van der Waals surface area contributed by atoms with Gasteiger partial charge in [0.1, 0.15) is 17.5 Å². The maximum Gasteiger partial charge on any atom is 0.335 e. The van der Waals surface area contributed by atoms with Crippen molar-refractivity contribution in [3.63, 3.8) is 0 Å². The summed E-state index contributed by atoms with van der Waals surface area (Å²) >= 11 is 0. The summed E-state index contributed by atoms with van der Waals surface area (Å²) in [6.45, 7) is 3.46. The molecule has 1 aliphatic heterocycles. The van der Waals surface area contributed by atoms with Gasteiger partial charge in [-0.2, -0.15) is 0 Å². The number of carboxylic acid groups (broad SMARTS) is 3. The van der Waals surface area contributed by atoms with Crippen LogP contribution in [0.15, 0.2) is 30.3 Å². The largest absolute Gasteiger partial charge is 0.481 e. The Kier molecular flexibility index (Phi) is 11.8. The number of rotatable bonds is 16. The number of carbonyl (C=O) groups excluding carboxylic acids is 4. The van der Waals surface area contributed by atoms with Gasteiger partial charge in [-0.25, -0.2) is 29.0 Å². The highest BCUT2D eigenvalue weighted by Gasteiger charge is 2.59. The Hall–Kier alpha value is -4.49. The number of imide groups is 2. The summed E-state index contributed by atoms with van der Waals surface area (Å²) in [5, 5.41) is 34.0. The molecule has 2 unspecified atom stereocenters. The van der Waals surface area contributed by atoms with Gasteiger partial charge in [0.15, 0.2) is 0 Å². The molecular weight excluding hydrogens is 540 g/mol. The molecule has 0 bridgehead atoms. The second-order valence-electron chi connectivity index (χ2n) is 9.65. The van der Waals surface area contributed by atoms with Crippen LogP contribution in [-0.2, 0) is 30.5 Å². The molecule has 14 heteroatoms. The standard InChI is InChI=1S/C27H36N4O10/c1-3-27(4-2)23(38)30(26(41)31(24(27)39)19(22(36)37)13-14-20(32)33)18(21(34)35)12-8-9-15-28-25(40)29-16-17-10-6-5-7-11-17/h5-7,10-11,18-19H,3-4,8-9,12-16H2,1-2H3,(H,32,33)(H,34,35)(H,36,37)(H2,28,29,40). The number of hydrogen-bond donors (Lipinski definition) is 5. The quantitative estimate of drug-likeness (QED) is 0.143. The van der Waals surface area contributed by atoms with Crippen LogP contribution in [0.1, 0.15) is 64.4 Å². The lowest BCUT2D eigenvalue weighted by molar-refractivity contribution is -0.170. The zero-order valence-electron chi connectivity index (χ0n) is 23.0.